The first-order valence-electron chi connectivity index (χ1n) is 15.5. The van der Waals surface area contributed by atoms with Gasteiger partial charge in [0, 0.05) is 23.0 Å². The van der Waals surface area contributed by atoms with E-state index < -0.39 is 35.3 Å². The summed E-state index contributed by atoms with van der Waals surface area (Å²) in [6, 6.07) is 19.6. The number of benzene rings is 2. The number of ether oxygens (including phenoxy) is 1. The van der Waals surface area contributed by atoms with Gasteiger partial charge in [0.15, 0.2) is 16.9 Å². The zero-order chi connectivity index (χ0) is 34.9. The van der Waals surface area contributed by atoms with Crippen LogP contribution in [0, 0.1) is 11.3 Å². The predicted octanol–water partition coefficient (Wildman–Crippen LogP) is 4.91. The molecule has 1 fully saturated rings. The Kier molecular flexibility index (Phi) is 11.4. The van der Waals surface area contributed by atoms with Gasteiger partial charge in [-0.3, -0.25) is 19.3 Å². The molecule has 0 bridgehead atoms. The van der Waals surface area contributed by atoms with Crippen molar-refractivity contribution in [1.82, 2.24) is 15.2 Å². The van der Waals surface area contributed by atoms with E-state index >= 15 is 0 Å². The molecule has 6 rings (SSSR count). The van der Waals surface area contributed by atoms with E-state index in [1.165, 1.54) is 34.5 Å². The van der Waals surface area contributed by atoms with Crippen LogP contribution in [0.5, 0.6) is 0 Å². The van der Waals surface area contributed by atoms with Gasteiger partial charge in [-0.1, -0.05) is 71.9 Å². The summed E-state index contributed by atoms with van der Waals surface area (Å²) in [5, 5.41) is 21.1. The summed E-state index contributed by atoms with van der Waals surface area (Å²) >= 11 is 3.83. The fourth-order valence-corrected chi connectivity index (χ4v) is 8.31. The molecule has 3 atom stereocenters. The molecule has 3 heterocycles. The molecule has 2 unspecified atom stereocenters. The Bertz CT molecular complexity index is 1870. The minimum atomic E-state index is -0.982. The first-order chi connectivity index (χ1) is 24.5. The summed E-state index contributed by atoms with van der Waals surface area (Å²) in [6.07, 6.45) is 6.10. The third kappa shape index (κ3) is 7.83. The van der Waals surface area contributed by atoms with Crippen LogP contribution in [0.25, 0.3) is 0 Å². The van der Waals surface area contributed by atoms with Crippen LogP contribution in [-0.2, 0) is 28.8 Å². The van der Waals surface area contributed by atoms with Crippen molar-refractivity contribution in [3.05, 3.63) is 118 Å². The lowest BCUT2D eigenvalue weighted by Gasteiger charge is -2.49. The molecule has 15 heteroatoms. The van der Waals surface area contributed by atoms with E-state index in [0.29, 0.717) is 29.9 Å². The molecule has 2 N–H and O–H groups in total. The molecular formula is C35H30N6O6S3. The van der Waals surface area contributed by atoms with Crippen LogP contribution in [0.4, 0.5) is 5.13 Å². The molecule has 1 aromatic heterocycles. The van der Waals surface area contributed by atoms with E-state index in [4.69, 9.17) is 14.8 Å². The number of carbonyl (C=O) groups is 4. The lowest BCUT2D eigenvalue weighted by Crippen LogP contribution is -2.71. The average Bonchev–Trinajstić information content (AvgIpc) is 3.85. The standard InChI is InChI=1S/C35H30N6O6S3/c36-16-9-17-48-18-24-19-49-33-28(39-31(43)27(40-47-25-14-7-8-15-25)26-20-50-35(38-26)37-21-42)32(44)41(33)29(24)34(45)46-30(22-10-3-1-4-11-22)23-12-5-2-6-13-23/h1-7,9-14,17,20-21,25,28,30,33H,8,15,18-19H2,(H,39,43)(H,37,38,42)/b17-9-,40-27?/t25?,28?,33-/m1/s1. The second-order valence-corrected chi connectivity index (χ2v) is 13.9. The van der Waals surface area contributed by atoms with Gasteiger partial charge in [0.25, 0.3) is 11.8 Å². The zero-order valence-electron chi connectivity index (χ0n) is 26.3. The predicted molar refractivity (Wildman–Crippen MR) is 192 cm³/mol. The van der Waals surface area contributed by atoms with Crippen LogP contribution in [0.1, 0.15) is 35.8 Å². The molecule has 0 spiro atoms. The molecular weight excluding hydrogens is 697 g/mol. The van der Waals surface area contributed by atoms with E-state index in [2.05, 4.69) is 20.8 Å². The van der Waals surface area contributed by atoms with Crippen molar-refractivity contribution in [2.45, 2.75) is 36.5 Å². The molecule has 12 nitrogen and oxygen atoms in total. The summed E-state index contributed by atoms with van der Waals surface area (Å²) in [6.45, 7) is 0. The van der Waals surface area contributed by atoms with E-state index in [9.17, 15) is 19.2 Å². The van der Waals surface area contributed by atoms with Crippen molar-refractivity contribution in [1.29, 1.82) is 5.26 Å². The van der Waals surface area contributed by atoms with Crippen molar-refractivity contribution in [3.63, 3.8) is 0 Å². The second kappa shape index (κ2) is 16.5. The van der Waals surface area contributed by atoms with Crippen molar-refractivity contribution in [2.24, 2.45) is 5.16 Å². The van der Waals surface area contributed by atoms with Gasteiger partial charge in [-0.15, -0.1) is 34.9 Å². The molecule has 0 radical (unpaired) electrons. The number of allylic oxidation sites excluding steroid dienone is 2. The Morgan fingerprint density at radius 3 is 2.56 bits per heavy atom. The lowest BCUT2D eigenvalue weighted by molar-refractivity contribution is -0.154. The molecule has 3 aromatic rings. The van der Waals surface area contributed by atoms with E-state index in [-0.39, 0.29) is 28.3 Å². The van der Waals surface area contributed by atoms with Crippen molar-refractivity contribution in [3.8, 4) is 6.07 Å². The summed E-state index contributed by atoms with van der Waals surface area (Å²) in [5.74, 6) is -1.14. The smallest absolute Gasteiger partial charge is 0.356 e. The van der Waals surface area contributed by atoms with Gasteiger partial charge in [0.1, 0.15) is 28.9 Å². The van der Waals surface area contributed by atoms with Crippen LogP contribution >= 0.6 is 34.9 Å². The first-order valence-corrected chi connectivity index (χ1v) is 18.5. The molecule has 0 saturated carbocycles. The Hall–Kier alpha value is -5.17. The van der Waals surface area contributed by atoms with Gasteiger partial charge >= 0.3 is 5.97 Å². The second-order valence-electron chi connectivity index (χ2n) is 11.1. The highest BCUT2D eigenvalue weighted by Crippen LogP contribution is 2.42. The number of rotatable bonds is 14. The monoisotopic (exact) mass is 726 g/mol. The number of hydrogen-bond acceptors (Lipinski definition) is 12. The molecule has 50 heavy (non-hydrogen) atoms. The Balaban J connectivity index is 1.25. The number of β-lactam (4-membered cyclic amide) rings is 1. The highest BCUT2D eigenvalue weighted by atomic mass is 32.2. The zero-order valence-corrected chi connectivity index (χ0v) is 28.8. The van der Waals surface area contributed by atoms with Gasteiger partial charge in [0.05, 0.1) is 6.07 Å². The third-order valence-electron chi connectivity index (χ3n) is 7.85. The maximum Gasteiger partial charge on any atom is 0.356 e. The molecule has 1 saturated heterocycles. The van der Waals surface area contributed by atoms with Gasteiger partial charge in [-0.05, 0) is 41.0 Å². The fourth-order valence-electron chi connectivity index (χ4n) is 5.48. The number of fused-ring (bicyclic) bond motifs is 1. The summed E-state index contributed by atoms with van der Waals surface area (Å²) in [4.78, 5) is 63.9. The number of thiazole rings is 1. The van der Waals surface area contributed by atoms with Gasteiger partial charge in [-0.2, -0.15) is 5.26 Å². The number of anilines is 1. The highest BCUT2D eigenvalue weighted by Gasteiger charge is 2.55. The number of carbonyl (C=O) groups excluding carboxylic acids is 4. The van der Waals surface area contributed by atoms with Crippen molar-refractivity contribution < 1.29 is 28.8 Å². The maximum absolute atomic E-state index is 14.1. The molecule has 3 aliphatic rings. The van der Waals surface area contributed by atoms with E-state index in [1.54, 1.807) is 10.8 Å². The van der Waals surface area contributed by atoms with E-state index in [0.717, 1.165) is 28.9 Å². The van der Waals surface area contributed by atoms with Crippen LogP contribution < -0.4 is 10.6 Å². The SMILES string of the molecule is N#C/C=C\SCC1=C(C(=O)OC(c2ccccc2)c2ccccc2)N2C(=O)C(NC(=O)C(=NOC3C=CCC3)c3csc(NC=O)n3)[C@H]2SC1. The number of nitriles is 1. The number of thioether (sulfide) groups is 2. The number of esters is 1. The topological polar surface area (TPSA) is 163 Å². The number of nitrogens with zero attached hydrogens (tertiary/aromatic N) is 4. The third-order valence-corrected chi connectivity index (χ3v) is 10.8. The van der Waals surface area contributed by atoms with Crippen molar-refractivity contribution in [2.75, 3.05) is 16.8 Å². The van der Waals surface area contributed by atoms with Crippen LogP contribution in [0.3, 0.4) is 0 Å². The maximum atomic E-state index is 14.1. The Morgan fingerprint density at radius 2 is 1.90 bits per heavy atom. The number of hydrogen-bond donors (Lipinski definition) is 2. The molecule has 2 aliphatic heterocycles. The van der Waals surface area contributed by atoms with Gasteiger partial charge < -0.3 is 20.2 Å². The number of amides is 3. The molecule has 254 valence electrons. The summed E-state index contributed by atoms with van der Waals surface area (Å²) in [5.41, 5.74) is 2.32. The van der Waals surface area contributed by atoms with Gasteiger partial charge in [0.2, 0.25) is 6.41 Å². The Labute approximate surface area is 300 Å². The largest absolute Gasteiger partial charge is 0.448 e. The summed E-state index contributed by atoms with van der Waals surface area (Å²) in [7, 11) is 0. The number of nitrogens with one attached hydrogen (secondary N) is 2. The molecule has 2 aromatic carbocycles. The normalized spacial score (nSPS) is 19.9. The van der Waals surface area contributed by atoms with Crippen LogP contribution in [-0.4, -0.2) is 68.8 Å². The van der Waals surface area contributed by atoms with Crippen LogP contribution in [0.15, 0.2) is 106 Å². The first kappa shape index (κ1) is 34.7. The van der Waals surface area contributed by atoms with Crippen molar-refractivity contribution >= 4 is 69.9 Å². The Morgan fingerprint density at radius 1 is 1.16 bits per heavy atom. The molecule has 1 aliphatic carbocycles. The van der Waals surface area contributed by atoms with Crippen LogP contribution in [0.2, 0.25) is 0 Å². The summed E-state index contributed by atoms with van der Waals surface area (Å²) < 4.78 is 6.19. The van der Waals surface area contributed by atoms with Gasteiger partial charge in [-0.25, -0.2) is 9.78 Å². The van der Waals surface area contributed by atoms with E-state index in [1.807, 2.05) is 78.9 Å². The fraction of sp³-hybridized carbons (Fsp3) is 0.229. The highest BCUT2D eigenvalue weighted by molar-refractivity contribution is 8.02. The average molecular weight is 727 g/mol. The number of aromatic nitrogens is 1. The molecule has 3 amide bonds. The minimum absolute atomic E-state index is 0.119. The quantitative estimate of drug-likeness (QED) is 0.0444. The lowest BCUT2D eigenvalue weighted by atomic mass is 10.0. The minimum Gasteiger partial charge on any atom is -0.448 e. The number of oxime groups is 1.